The van der Waals surface area contributed by atoms with E-state index in [4.69, 9.17) is 10.5 Å². The minimum Gasteiger partial charge on any atom is -0.494 e. The Morgan fingerprint density at radius 3 is 2.72 bits per heavy atom. The number of carbonyl (C=O) groups is 1. The predicted octanol–water partition coefficient (Wildman–Crippen LogP) is 4.44. The molecular formula is C29H35N5O2. The number of fused-ring (bicyclic) bond motifs is 3. The van der Waals surface area contributed by atoms with Crippen molar-refractivity contribution in [1.82, 2.24) is 19.8 Å². The number of piperidine rings is 1. The van der Waals surface area contributed by atoms with E-state index in [1.807, 2.05) is 41.3 Å². The minimum absolute atomic E-state index is 0.0588. The van der Waals surface area contributed by atoms with Crippen molar-refractivity contribution < 1.29 is 9.53 Å². The maximum atomic E-state index is 13.9. The number of anilines is 1. The first-order chi connectivity index (χ1) is 17.7. The molecule has 36 heavy (non-hydrogen) atoms. The Balaban J connectivity index is 1.40. The highest BCUT2D eigenvalue weighted by Gasteiger charge is 2.26. The van der Waals surface area contributed by atoms with Gasteiger partial charge in [-0.15, -0.1) is 0 Å². The fourth-order valence-corrected chi connectivity index (χ4v) is 5.35. The normalized spacial score (nSPS) is 19.6. The fourth-order valence-electron chi connectivity index (χ4n) is 5.35. The second kappa shape index (κ2) is 11.5. The maximum absolute atomic E-state index is 13.9. The number of nitrogens with zero attached hydrogens (tertiary/aromatic N) is 4. The molecule has 1 saturated heterocycles. The molecule has 2 N–H and O–H groups in total. The van der Waals surface area contributed by atoms with E-state index in [0.29, 0.717) is 37.0 Å². The van der Waals surface area contributed by atoms with Crippen molar-refractivity contribution in [1.29, 1.82) is 0 Å². The number of aryl methyl sites for hydroxylation is 1. The summed E-state index contributed by atoms with van der Waals surface area (Å²) < 4.78 is 6.05. The third-order valence-electron chi connectivity index (χ3n) is 7.28. The van der Waals surface area contributed by atoms with Crippen molar-refractivity contribution in [3.63, 3.8) is 0 Å². The van der Waals surface area contributed by atoms with Crippen molar-refractivity contribution in [2.45, 2.75) is 44.6 Å². The number of amides is 1. The van der Waals surface area contributed by atoms with Gasteiger partial charge in [0.05, 0.1) is 17.9 Å². The topological polar surface area (TPSA) is 84.6 Å². The predicted molar refractivity (Wildman–Crippen MR) is 142 cm³/mol. The molecule has 5 rings (SSSR count). The summed E-state index contributed by atoms with van der Waals surface area (Å²) >= 11 is 0. The molecule has 3 heterocycles. The molecule has 0 saturated carbocycles. The van der Waals surface area contributed by atoms with E-state index < -0.39 is 0 Å². The van der Waals surface area contributed by atoms with E-state index in [-0.39, 0.29) is 11.9 Å². The first kappa shape index (κ1) is 24.3. The summed E-state index contributed by atoms with van der Waals surface area (Å²) in [4.78, 5) is 27.0. The van der Waals surface area contributed by atoms with E-state index in [2.05, 4.69) is 33.1 Å². The van der Waals surface area contributed by atoms with Crippen molar-refractivity contribution in [2.75, 3.05) is 38.5 Å². The summed E-state index contributed by atoms with van der Waals surface area (Å²) in [5.41, 5.74) is 9.18. The first-order valence-corrected chi connectivity index (χ1v) is 13.1. The van der Waals surface area contributed by atoms with Gasteiger partial charge in [-0.05, 0) is 56.3 Å². The number of rotatable bonds is 2. The van der Waals surface area contributed by atoms with E-state index >= 15 is 0 Å². The van der Waals surface area contributed by atoms with Gasteiger partial charge in [-0.3, -0.25) is 9.69 Å². The van der Waals surface area contributed by atoms with Crippen LogP contribution in [0.2, 0.25) is 0 Å². The number of nitrogen functional groups attached to an aromatic ring is 1. The Morgan fingerprint density at radius 2 is 1.83 bits per heavy atom. The lowest BCUT2D eigenvalue weighted by atomic mass is 9.95. The molecule has 2 aromatic carbocycles. The molecule has 7 nitrogen and oxygen atoms in total. The van der Waals surface area contributed by atoms with Gasteiger partial charge >= 0.3 is 0 Å². The molecule has 3 aromatic rings. The molecule has 1 fully saturated rings. The smallest absolute Gasteiger partial charge is 0.257 e. The SMILES string of the molecule is Nc1ncc(C(=O)N2CCCOc3cccc(c3)CCC3CCCCN3CC2)c(-c2ccccc2)n1. The molecule has 1 unspecified atom stereocenters. The lowest BCUT2D eigenvalue weighted by Gasteiger charge is -2.37. The van der Waals surface area contributed by atoms with Gasteiger partial charge < -0.3 is 15.4 Å². The molecule has 0 radical (unpaired) electrons. The third kappa shape index (κ3) is 5.85. The molecule has 188 valence electrons. The molecule has 1 aromatic heterocycles. The van der Waals surface area contributed by atoms with Crippen molar-refractivity contribution in [3.05, 3.63) is 71.9 Å². The zero-order valence-electron chi connectivity index (χ0n) is 20.8. The zero-order valence-corrected chi connectivity index (χ0v) is 20.8. The third-order valence-corrected chi connectivity index (χ3v) is 7.28. The van der Waals surface area contributed by atoms with Crippen LogP contribution in [0.4, 0.5) is 5.95 Å². The largest absolute Gasteiger partial charge is 0.494 e. The van der Waals surface area contributed by atoms with Crippen LogP contribution in [-0.2, 0) is 6.42 Å². The molecule has 1 amide bonds. The Labute approximate surface area is 213 Å². The van der Waals surface area contributed by atoms with Crippen LogP contribution in [0.5, 0.6) is 5.75 Å². The van der Waals surface area contributed by atoms with Crippen molar-refractivity contribution in [3.8, 4) is 17.0 Å². The summed E-state index contributed by atoms with van der Waals surface area (Å²) in [6.07, 6.45) is 8.20. The van der Waals surface area contributed by atoms with Crippen LogP contribution in [-0.4, -0.2) is 64.5 Å². The summed E-state index contributed by atoms with van der Waals surface area (Å²) in [6, 6.07) is 18.7. The van der Waals surface area contributed by atoms with Gasteiger partial charge in [-0.2, -0.15) is 0 Å². The Morgan fingerprint density at radius 1 is 0.944 bits per heavy atom. The van der Waals surface area contributed by atoms with Gasteiger partial charge in [0.1, 0.15) is 5.75 Å². The number of ether oxygens (including phenoxy) is 1. The van der Waals surface area contributed by atoms with E-state index in [9.17, 15) is 4.79 Å². The molecule has 0 spiro atoms. The van der Waals surface area contributed by atoms with Crippen LogP contribution in [0.25, 0.3) is 11.3 Å². The number of benzene rings is 2. The molecule has 1 atom stereocenters. The molecule has 2 aliphatic heterocycles. The quantitative estimate of drug-likeness (QED) is 0.578. The second-order valence-electron chi connectivity index (χ2n) is 9.72. The van der Waals surface area contributed by atoms with Crippen LogP contribution >= 0.6 is 0 Å². The first-order valence-electron chi connectivity index (χ1n) is 13.1. The average molecular weight is 486 g/mol. The van der Waals surface area contributed by atoms with Gasteiger partial charge in [0.2, 0.25) is 5.95 Å². The van der Waals surface area contributed by atoms with Crippen LogP contribution in [0, 0.1) is 0 Å². The maximum Gasteiger partial charge on any atom is 0.257 e. The Bertz CT molecular complexity index is 1170. The van der Waals surface area contributed by atoms with Crippen LogP contribution in [0.15, 0.2) is 60.8 Å². The number of carbonyl (C=O) groups excluding carboxylic acids is 1. The number of nitrogens with two attached hydrogens (primary N) is 1. The van der Waals surface area contributed by atoms with Crippen molar-refractivity contribution in [2.24, 2.45) is 0 Å². The highest BCUT2D eigenvalue weighted by atomic mass is 16.5. The van der Waals surface area contributed by atoms with Crippen LogP contribution in [0.3, 0.4) is 0 Å². The Hall–Kier alpha value is -3.45. The summed E-state index contributed by atoms with van der Waals surface area (Å²) in [5.74, 6) is 1.01. The Kier molecular flexibility index (Phi) is 7.76. The van der Waals surface area contributed by atoms with Gasteiger partial charge in [0.15, 0.2) is 0 Å². The number of aromatic nitrogens is 2. The lowest BCUT2D eigenvalue weighted by Crippen LogP contribution is -2.45. The van der Waals surface area contributed by atoms with E-state index in [1.54, 1.807) is 6.20 Å². The van der Waals surface area contributed by atoms with Crippen LogP contribution in [0.1, 0.15) is 48.0 Å². The molecule has 7 heteroatoms. The molecule has 2 aliphatic rings. The van der Waals surface area contributed by atoms with E-state index in [1.165, 1.54) is 24.8 Å². The highest BCUT2D eigenvalue weighted by Crippen LogP contribution is 2.25. The number of hydrogen-bond acceptors (Lipinski definition) is 6. The molecule has 0 aliphatic carbocycles. The van der Waals surface area contributed by atoms with Gasteiger partial charge in [0.25, 0.3) is 5.91 Å². The number of hydrogen-bond donors (Lipinski definition) is 1. The van der Waals surface area contributed by atoms with Gasteiger partial charge in [0, 0.05) is 37.4 Å². The standard InChI is InChI=1S/C29H35N5O2/c30-29-31-21-26(27(32-29)23-9-2-1-3-10-23)28(35)34-16-7-19-36-25-12-6-8-22(20-25)13-14-24-11-4-5-15-33(24)17-18-34/h1-3,6,8-10,12,20-21,24H,4-5,7,11,13-19H2,(H2,30,31,32). The fraction of sp³-hybridized carbons (Fsp3) is 0.414. The van der Waals surface area contributed by atoms with Crippen LogP contribution < -0.4 is 10.5 Å². The lowest BCUT2D eigenvalue weighted by molar-refractivity contribution is 0.0682. The zero-order chi connectivity index (χ0) is 24.7. The average Bonchev–Trinajstić information content (AvgIpc) is 2.92. The summed E-state index contributed by atoms with van der Waals surface area (Å²) in [7, 11) is 0. The van der Waals surface area contributed by atoms with E-state index in [0.717, 1.165) is 43.7 Å². The van der Waals surface area contributed by atoms with Gasteiger partial charge in [-0.25, -0.2) is 9.97 Å². The second-order valence-corrected chi connectivity index (χ2v) is 9.72. The molecular weight excluding hydrogens is 450 g/mol. The monoisotopic (exact) mass is 485 g/mol. The van der Waals surface area contributed by atoms with Gasteiger partial charge in [-0.1, -0.05) is 48.9 Å². The summed E-state index contributed by atoms with van der Waals surface area (Å²) in [5, 5.41) is 0. The highest BCUT2D eigenvalue weighted by molar-refractivity contribution is 5.99. The molecule has 2 bridgehead atoms. The minimum atomic E-state index is -0.0588. The van der Waals surface area contributed by atoms with Crippen molar-refractivity contribution >= 4 is 11.9 Å². The summed E-state index contributed by atoms with van der Waals surface area (Å²) in [6.45, 7) is 3.79.